The predicted molar refractivity (Wildman–Crippen MR) is 257 cm³/mol. The molecule has 7 rings (SSSR count). The smallest absolute Gasteiger partial charge is 0.276 e. The number of imidazole rings is 1. The van der Waals surface area contributed by atoms with E-state index in [9.17, 15) is 19.7 Å². The normalized spacial score (nSPS) is 10.1. The standard InChI is InChI=1S/C24H24N4O3.C16H16N2O5.C8H7NS.CH4O/c1-16-4-6-17(7-5-16)26-24-27-22-14-20(8-9-23(22)28(24)2)31-21-10-11-25-18(13-21)12-19(29)15-30-3;1-11-3-4-14(9-16(11)18(20)21)23-15-5-6-17-12(8-15)7-13(19)10-22-2;1-7-2-4-8(5-3-7)9-6-10;1-2/h4-11,13-14H,12,15H2,1-3H3,(H,26,27);3-6,8-9H,7,10H2,1-2H3;2-5H,1H3;2H,1H3. The van der Waals surface area contributed by atoms with Crippen LogP contribution in [-0.4, -0.2) is 80.8 Å². The maximum absolute atomic E-state index is 11.8. The number of nitro benzene ring substituents is 1. The lowest BCUT2D eigenvalue weighted by Gasteiger charge is -2.08. The van der Waals surface area contributed by atoms with E-state index in [1.165, 1.54) is 37.6 Å². The molecule has 0 bridgehead atoms. The van der Waals surface area contributed by atoms with Crippen LogP contribution in [0.4, 0.5) is 23.0 Å². The highest BCUT2D eigenvalue weighted by Crippen LogP contribution is 2.30. The van der Waals surface area contributed by atoms with Crippen LogP contribution < -0.4 is 14.8 Å². The van der Waals surface area contributed by atoms with Gasteiger partial charge in [-0.3, -0.25) is 29.7 Å². The zero-order valence-corrected chi connectivity index (χ0v) is 38.5. The number of thiocarbonyl (C=S) groups is 1. The SMILES string of the molecule is CO.COCC(=O)Cc1cc(Oc2ccc(C)c([N+](=O)[O-])c2)ccn1.COCC(=O)Cc1cc(Oc2ccc3c(c2)nc(Nc2ccc(C)cc2)n3C)ccn1.Cc1ccc(N=C=S)cc1. The van der Waals surface area contributed by atoms with Crippen molar-refractivity contribution in [2.75, 3.05) is 39.9 Å². The molecule has 66 heavy (non-hydrogen) atoms. The van der Waals surface area contributed by atoms with Gasteiger partial charge in [-0.05, 0) is 93.7 Å². The number of pyridine rings is 2. The molecule has 0 atom stereocenters. The second-order valence-electron chi connectivity index (χ2n) is 14.3. The summed E-state index contributed by atoms with van der Waals surface area (Å²) in [7, 11) is 5.92. The largest absolute Gasteiger partial charge is 0.457 e. The van der Waals surface area contributed by atoms with Crippen molar-refractivity contribution < 1.29 is 38.6 Å². The summed E-state index contributed by atoms with van der Waals surface area (Å²) in [6.45, 7) is 5.85. The van der Waals surface area contributed by atoms with Crippen LogP contribution in [-0.2, 0) is 39.0 Å². The number of ketones is 2. The molecule has 0 radical (unpaired) electrons. The number of nitrogens with one attached hydrogen (secondary N) is 1. The Bertz CT molecular complexity index is 2760. The van der Waals surface area contributed by atoms with Gasteiger partial charge < -0.3 is 33.9 Å². The lowest BCUT2D eigenvalue weighted by molar-refractivity contribution is -0.385. The first kappa shape index (κ1) is 51.1. The molecule has 0 spiro atoms. The van der Waals surface area contributed by atoms with E-state index in [2.05, 4.69) is 56.7 Å². The van der Waals surface area contributed by atoms with E-state index in [0.717, 1.165) is 35.5 Å². The van der Waals surface area contributed by atoms with Crippen LogP contribution in [0.25, 0.3) is 11.0 Å². The number of aromatic nitrogens is 4. The van der Waals surface area contributed by atoms with Crippen LogP contribution in [0, 0.1) is 30.9 Å². The van der Waals surface area contributed by atoms with Crippen LogP contribution in [0.3, 0.4) is 0 Å². The van der Waals surface area contributed by atoms with Crippen molar-refractivity contribution >= 4 is 63.0 Å². The predicted octanol–water partition coefficient (Wildman–Crippen LogP) is 9.76. The van der Waals surface area contributed by atoms with E-state index in [4.69, 9.17) is 29.0 Å². The van der Waals surface area contributed by atoms with Crippen molar-refractivity contribution in [1.29, 1.82) is 0 Å². The topological polar surface area (TPSA) is 202 Å². The van der Waals surface area contributed by atoms with Crippen molar-refractivity contribution in [3.05, 3.63) is 160 Å². The van der Waals surface area contributed by atoms with E-state index < -0.39 is 4.92 Å². The van der Waals surface area contributed by atoms with Crippen LogP contribution in [0.15, 0.2) is 127 Å². The fraction of sp³-hybridized carbons (Fsp3) is 0.224. The van der Waals surface area contributed by atoms with Crippen molar-refractivity contribution in [2.45, 2.75) is 33.6 Å². The molecule has 0 aliphatic rings. The van der Waals surface area contributed by atoms with Gasteiger partial charge in [0.2, 0.25) is 5.95 Å². The Morgan fingerprint density at radius 2 is 1.24 bits per heavy atom. The molecule has 0 aliphatic carbocycles. The van der Waals surface area contributed by atoms with Crippen molar-refractivity contribution in [3.8, 4) is 23.0 Å². The second-order valence-corrected chi connectivity index (χ2v) is 14.5. The van der Waals surface area contributed by atoms with Gasteiger partial charge >= 0.3 is 0 Å². The van der Waals surface area contributed by atoms with Crippen molar-refractivity contribution in [1.82, 2.24) is 19.5 Å². The van der Waals surface area contributed by atoms with Crippen LogP contribution in [0.1, 0.15) is 28.1 Å². The summed E-state index contributed by atoms with van der Waals surface area (Å²) < 4.78 is 23.3. The Kier molecular flexibility index (Phi) is 20.4. The quantitative estimate of drug-likeness (QED) is 0.0401. The number of anilines is 2. The number of nitro groups is 1. The highest BCUT2D eigenvalue weighted by molar-refractivity contribution is 7.78. The zero-order chi connectivity index (χ0) is 48.0. The monoisotopic (exact) mass is 913 g/mol. The molecule has 0 fully saturated rings. The number of nitrogens with zero attached hydrogens (tertiary/aromatic N) is 6. The number of ether oxygens (including phenoxy) is 4. The van der Waals surface area contributed by atoms with Gasteiger partial charge in [0, 0.05) is 70.2 Å². The molecular weight excluding hydrogens is 863 g/mol. The number of hydrogen-bond acceptors (Lipinski definition) is 15. The molecule has 7 aromatic rings. The van der Waals surface area contributed by atoms with Crippen molar-refractivity contribution in [3.63, 3.8) is 0 Å². The van der Waals surface area contributed by atoms with Gasteiger partial charge in [-0.15, -0.1) is 0 Å². The molecule has 17 heteroatoms. The number of carbonyl (C=O) groups is 2. The molecule has 342 valence electrons. The van der Waals surface area contributed by atoms with Gasteiger partial charge in [-0.2, -0.15) is 4.99 Å². The molecule has 0 saturated carbocycles. The molecule has 0 unspecified atom stereocenters. The van der Waals surface area contributed by atoms with Gasteiger partial charge in [0.1, 0.15) is 36.2 Å². The van der Waals surface area contributed by atoms with Crippen LogP contribution >= 0.6 is 12.2 Å². The fourth-order valence-corrected chi connectivity index (χ4v) is 6.08. The molecule has 0 amide bonds. The third kappa shape index (κ3) is 16.2. The molecule has 3 aromatic heterocycles. The van der Waals surface area contributed by atoms with Gasteiger partial charge in [-0.1, -0.05) is 35.4 Å². The number of hydrogen-bond donors (Lipinski definition) is 2. The molecule has 16 nitrogen and oxygen atoms in total. The summed E-state index contributed by atoms with van der Waals surface area (Å²) in [4.78, 5) is 50.7. The lowest BCUT2D eigenvalue weighted by atomic mass is 10.2. The maximum atomic E-state index is 11.8. The number of rotatable bonds is 16. The summed E-state index contributed by atoms with van der Waals surface area (Å²) in [5.74, 6) is 2.70. The number of isothiocyanates is 1. The third-order valence-corrected chi connectivity index (χ3v) is 9.25. The van der Waals surface area contributed by atoms with Gasteiger partial charge in [0.15, 0.2) is 11.6 Å². The van der Waals surface area contributed by atoms with E-state index in [-0.39, 0.29) is 43.3 Å². The Morgan fingerprint density at radius 3 is 1.76 bits per heavy atom. The Labute approximate surface area is 388 Å². The summed E-state index contributed by atoms with van der Waals surface area (Å²) in [5, 5.41) is 23.6. The van der Waals surface area contributed by atoms with Crippen LogP contribution in [0.2, 0.25) is 0 Å². The Balaban J connectivity index is 0.000000238. The van der Waals surface area contributed by atoms with Crippen LogP contribution in [0.5, 0.6) is 23.0 Å². The highest BCUT2D eigenvalue weighted by Gasteiger charge is 2.14. The van der Waals surface area contributed by atoms with Crippen molar-refractivity contribution in [2.24, 2.45) is 12.0 Å². The molecule has 3 heterocycles. The number of fused-ring (bicyclic) bond motifs is 1. The molecule has 0 saturated heterocycles. The van der Waals surface area contributed by atoms with E-state index in [1.807, 2.05) is 73.1 Å². The Morgan fingerprint density at radius 1 is 0.742 bits per heavy atom. The average molecular weight is 914 g/mol. The number of carbonyl (C=O) groups excluding carboxylic acids is 2. The first-order chi connectivity index (χ1) is 31.8. The van der Waals surface area contributed by atoms with Gasteiger partial charge in [0.05, 0.1) is 57.1 Å². The second kappa shape index (κ2) is 26.3. The summed E-state index contributed by atoms with van der Waals surface area (Å²) in [6, 6.07) is 33.2. The number of aliphatic hydroxyl groups excluding tert-OH is 1. The van der Waals surface area contributed by atoms with E-state index in [0.29, 0.717) is 39.9 Å². The molecular formula is C49H51N7O9S. The third-order valence-electron chi connectivity index (χ3n) is 9.16. The number of benzene rings is 4. The number of Topliss-reactive ketones (excluding diaryl/α,β-unsaturated/α-hetero) is 2. The highest BCUT2D eigenvalue weighted by atomic mass is 32.1. The maximum Gasteiger partial charge on any atom is 0.276 e. The first-order valence-electron chi connectivity index (χ1n) is 20.2. The van der Waals surface area contributed by atoms with E-state index >= 15 is 0 Å². The Hall–Kier alpha value is -7.53. The lowest BCUT2D eigenvalue weighted by Crippen LogP contribution is -2.10. The van der Waals surface area contributed by atoms with Gasteiger partial charge in [0.25, 0.3) is 5.69 Å². The minimum atomic E-state index is -0.455. The summed E-state index contributed by atoms with van der Waals surface area (Å²) in [6.07, 6.45) is 3.50. The van der Waals surface area contributed by atoms with E-state index in [1.54, 1.807) is 49.5 Å². The first-order valence-corrected chi connectivity index (χ1v) is 20.7. The molecule has 4 aromatic carbocycles. The summed E-state index contributed by atoms with van der Waals surface area (Å²) in [5.41, 5.74) is 7.82. The van der Waals surface area contributed by atoms with Gasteiger partial charge in [-0.25, -0.2) is 4.98 Å². The number of methoxy groups -OCH3 is 2. The number of aryl methyl sites for hydroxylation is 4. The fourth-order valence-electron chi connectivity index (χ4n) is 5.97. The zero-order valence-electron chi connectivity index (χ0n) is 37.7. The number of aliphatic hydroxyl groups is 1. The minimum Gasteiger partial charge on any atom is -0.457 e. The number of aliphatic imine (C=N–C) groups is 1. The molecule has 2 N–H and O–H groups in total. The molecule has 0 aliphatic heterocycles. The minimum absolute atomic E-state index is 0.00736. The summed E-state index contributed by atoms with van der Waals surface area (Å²) >= 11 is 4.45. The average Bonchev–Trinajstić information content (AvgIpc) is 3.60.